The Hall–Kier alpha value is -3.88. The van der Waals surface area contributed by atoms with Crippen molar-refractivity contribution < 1.29 is 33.5 Å². The summed E-state index contributed by atoms with van der Waals surface area (Å²) in [4.78, 5) is 31.6. The summed E-state index contributed by atoms with van der Waals surface area (Å²) in [6.45, 7) is 3.08. The van der Waals surface area contributed by atoms with E-state index >= 15 is 0 Å². The SMILES string of the molecule is C#CCOCC(COCC#C)(COCC#C)NC(=O)CCCC.O=COc1ccc([N+](=O)[O-])cc1. The Bertz CT molecular complexity index is 844. The first-order chi connectivity index (χ1) is 16.9. The highest BCUT2D eigenvalue weighted by molar-refractivity contribution is 5.76. The molecule has 0 atom stereocenters. The first kappa shape index (κ1) is 31.1. The lowest BCUT2D eigenvalue weighted by Crippen LogP contribution is -2.58. The molecule has 0 spiro atoms. The van der Waals surface area contributed by atoms with Gasteiger partial charge in [-0.2, -0.15) is 0 Å². The molecule has 10 heteroatoms. The fraction of sp³-hybridized carbons (Fsp3) is 0.440. The standard InChI is InChI=1S/C18H25NO4.C7H5NO4/c1-5-9-10-17(20)19-18(14-21-11-6-2,15-22-12-7-3)16-23-13-8-4;9-5-12-7-3-1-6(2-4-7)8(10)11/h2-4H,5,9-16H2,1H3,(H,19,20);1-5H. The molecule has 1 aromatic rings. The number of unbranched alkanes of at least 4 members (excludes halogenated alkanes) is 1. The Labute approximate surface area is 205 Å². The smallest absolute Gasteiger partial charge is 0.298 e. The second kappa shape index (κ2) is 19.6. The minimum Gasteiger partial charge on any atom is -0.429 e. The summed E-state index contributed by atoms with van der Waals surface area (Å²) >= 11 is 0. The normalized spacial score (nSPS) is 9.89. The number of hydrogen-bond acceptors (Lipinski definition) is 8. The number of benzene rings is 1. The van der Waals surface area contributed by atoms with Crippen molar-refractivity contribution in [2.24, 2.45) is 0 Å². The van der Waals surface area contributed by atoms with Gasteiger partial charge in [0.2, 0.25) is 5.91 Å². The quantitative estimate of drug-likeness (QED) is 0.124. The lowest BCUT2D eigenvalue weighted by molar-refractivity contribution is -0.384. The van der Waals surface area contributed by atoms with E-state index in [0.717, 1.165) is 12.8 Å². The molecule has 0 aromatic heterocycles. The number of hydrogen-bond donors (Lipinski definition) is 1. The van der Waals surface area contributed by atoms with Gasteiger partial charge in [-0.25, -0.2) is 0 Å². The van der Waals surface area contributed by atoms with E-state index in [9.17, 15) is 19.7 Å². The highest BCUT2D eigenvalue weighted by atomic mass is 16.6. The molecule has 0 saturated heterocycles. The molecule has 10 nitrogen and oxygen atoms in total. The van der Waals surface area contributed by atoms with E-state index in [-0.39, 0.29) is 63.5 Å². The maximum absolute atomic E-state index is 12.1. The summed E-state index contributed by atoms with van der Waals surface area (Å²) < 4.78 is 20.6. The third-order valence-corrected chi connectivity index (χ3v) is 4.08. The molecular weight excluding hydrogens is 456 g/mol. The molecule has 1 N–H and O–H groups in total. The van der Waals surface area contributed by atoms with Crippen molar-refractivity contribution >= 4 is 18.1 Å². The van der Waals surface area contributed by atoms with E-state index in [4.69, 9.17) is 33.5 Å². The van der Waals surface area contributed by atoms with E-state index < -0.39 is 10.5 Å². The number of nitrogens with zero attached hydrogens (tertiary/aromatic N) is 1. The summed E-state index contributed by atoms with van der Waals surface area (Å²) in [5, 5.41) is 13.1. The molecule has 0 fully saturated rings. The molecule has 0 bridgehead atoms. The van der Waals surface area contributed by atoms with E-state index in [2.05, 4.69) is 27.8 Å². The van der Waals surface area contributed by atoms with Gasteiger partial charge in [-0.15, -0.1) is 19.3 Å². The van der Waals surface area contributed by atoms with Crippen LogP contribution in [0.15, 0.2) is 24.3 Å². The summed E-state index contributed by atoms with van der Waals surface area (Å²) in [5.74, 6) is 7.32. The minimum absolute atomic E-state index is 0.0340. The van der Waals surface area contributed by atoms with Gasteiger partial charge in [-0.05, 0) is 18.6 Å². The van der Waals surface area contributed by atoms with Crippen molar-refractivity contribution in [3.63, 3.8) is 0 Å². The highest BCUT2D eigenvalue weighted by Gasteiger charge is 2.33. The molecule has 0 heterocycles. The highest BCUT2D eigenvalue weighted by Crippen LogP contribution is 2.16. The van der Waals surface area contributed by atoms with Gasteiger partial charge >= 0.3 is 0 Å². The van der Waals surface area contributed by atoms with Crippen LogP contribution in [-0.4, -0.2) is 62.5 Å². The van der Waals surface area contributed by atoms with Crippen LogP contribution in [0.25, 0.3) is 0 Å². The number of amides is 1. The Balaban J connectivity index is 0.000000801. The predicted octanol–water partition coefficient (Wildman–Crippen LogP) is 2.11. The monoisotopic (exact) mass is 486 g/mol. The first-order valence-electron chi connectivity index (χ1n) is 10.6. The van der Waals surface area contributed by atoms with Crippen LogP contribution in [0.5, 0.6) is 5.75 Å². The maximum Gasteiger partial charge on any atom is 0.298 e. The van der Waals surface area contributed by atoms with Gasteiger partial charge in [0.15, 0.2) is 0 Å². The Morgan fingerprint density at radius 2 is 1.51 bits per heavy atom. The number of non-ortho nitro benzene ring substituents is 1. The molecular formula is C25H30N2O8. The second-order valence-electron chi connectivity index (χ2n) is 6.99. The van der Waals surface area contributed by atoms with Crippen molar-refractivity contribution in [3.05, 3.63) is 34.4 Å². The van der Waals surface area contributed by atoms with Gasteiger partial charge in [0.25, 0.3) is 12.2 Å². The van der Waals surface area contributed by atoms with Crippen LogP contribution < -0.4 is 10.1 Å². The van der Waals surface area contributed by atoms with Crippen LogP contribution >= 0.6 is 0 Å². The number of nitro groups is 1. The molecule has 0 saturated carbocycles. The molecule has 1 rings (SSSR count). The molecule has 1 amide bonds. The first-order valence-corrected chi connectivity index (χ1v) is 10.6. The summed E-state index contributed by atoms with van der Waals surface area (Å²) in [5.41, 5.74) is -0.914. The van der Waals surface area contributed by atoms with Crippen molar-refractivity contribution in [1.82, 2.24) is 5.32 Å². The molecule has 188 valence electrons. The maximum atomic E-state index is 12.1. The molecule has 0 aliphatic rings. The van der Waals surface area contributed by atoms with Crippen LogP contribution in [0.3, 0.4) is 0 Å². The number of ether oxygens (including phenoxy) is 4. The molecule has 0 radical (unpaired) electrons. The fourth-order valence-electron chi connectivity index (χ4n) is 2.55. The number of terminal acetylenes is 3. The Morgan fingerprint density at radius 1 is 1.03 bits per heavy atom. The summed E-state index contributed by atoms with van der Waals surface area (Å²) in [6.07, 6.45) is 17.7. The third-order valence-electron chi connectivity index (χ3n) is 4.08. The fourth-order valence-corrected chi connectivity index (χ4v) is 2.55. The topological polar surface area (TPSA) is 126 Å². The van der Waals surface area contributed by atoms with Crippen molar-refractivity contribution in [3.8, 4) is 42.8 Å². The van der Waals surface area contributed by atoms with Gasteiger partial charge in [0, 0.05) is 18.6 Å². The summed E-state index contributed by atoms with van der Waals surface area (Å²) in [7, 11) is 0. The third kappa shape index (κ3) is 14.8. The average molecular weight is 487 g/mol. The van der Waals surface area contributed by atoms with Crippen molar-refractivity contribution in [2.45, 2.75) is 31.7 Å². The minimum atomic E-state index is -0.880. The van der Waals surface area contributed by atoms with Crippen LogP contribution in [-0.2, 0) is 23.8 Å². The largest absolute Gasteiger partial charge is 0.429 e. The zero-order valence-electron chi connectivity index (χ0n) is 19.7. The lowest BCUT2D eigenvalue weighted by atomic mass is 10.0. The number of rotatable bonds is 16. The van der Waals surface area contributed by atoms with Gasteiger partial charge in [-0.1, -0.05) is 31.1 Å². The Kier molecular flexibility index (Phi) is 17.4. The van der Waals surface area contributed by atoms with Gasteiger partial charge in [0.1, 0.15) is 31.1 Å². The van der Waals surface area contributed by atoms with Crippen LogP contribution in [0.2, 0.25) is 0 Å². The summed E-state index contributed by atoms with van der Waals surface area (Å²) in [6, 6.07) is 5.23. The van der Waals surface area contributed by atoms with Crippen LogP contribution in [0, 0.1) is 47.1 Å². The average Bonchev–Trinajstić information content (AvgIpc) is 2.84. The van der Waals surface area contributed by atoms with Gasteiger partial charge in [0.05, 0.1) is 24.7 Å². The Morgan fingerprint density at radius 3 is 1.89 bits per heavy atom. The number of carbonyl (C=O) groups excluding carboxylic acids is 2. The zero-order valence-corrected chi connectivity index (χ0v) is 19.7. The van der Waals surface area contributed by atoms with Crippen molar-refractivity contribution in [2.75, 3.05) is 39.6 Å². The number of nitro benzene ring substituents is 1. The van der Waals surface area contributed by atoms with E-state index in [0.29, 0.717) is 6.42 Å². The van der Waals surface area contributed by atoms with E-state index in [1.54, 1.807) is 0 Å². The molecule has 0 aliphatic heterocycles. The van der Waals surface area contributed by atoms with E-state index in [1.165, 1.54) is 24.3 Å². The molecule has 1 aromatic carbocycles. The van der Waals surface area contributed by atoms with E-state index in [1.807, 2.05) is 6.92 Å². The number of carbonyl (C=O) groups is 2. The van der Waals surface area contributed by atoms with Crippen LogP contribution in [0.4, 0.5) is 5.69 Å². The van der Waals surface area contributed by atoms with Crippen LogP contribution in [0.1, 0.15) is 26.2 Å². The zero-order chi connectivity index (χ0) is 26.4. The molecule has 0 aliphatic carbocycles. The van der Waals surface area contributed by atoms with Crippen molar-refractivity contribution in [1.29, 1.82) is 0 Å². The molecule has 0 unspecified atom stereocenters. The van der Waals surface area contributed by atoms with Gasteiger partial charge < -0.3 is 24.3 Å². The van der Waals surface area contributed by atoms with Gasteiger partial charge in [-0.3, -0.25) is 19.7 Å². The molecule has 35 heavy (non-hydrogen) atoms. The second-order valence-corrected chi connectivity index (χ2v) is 6.99. The predicted molar refractivity (Wildman–Crippen MR) is 129 cm³/mol. The number of nitrogens with one attached hydrogen (secondary N) is 1. The lowest BCUT2D eigenvalue weighted by Gasteiger charge is -2.33.